The molecule has 5 nitrogen and oxygen atoms in total. The van der Waals surface area contributed by atoms with Crippen LogP contribution in [0.3, 0.4) is 0 Å². The van der Waals surface area contributed by atoms with E-state index in [-0.39, 0.29) is 5.91 Å². The van der Waals surface area contributed by atoms with E-state index in [2.05, 4.69) is 15.6 Å². The van der Waals surface area contributed by atoms with Crippen molar-refractivity contribution in [2.45, 2.75) is 26.3 Å². The van der Waals surface area contributed by atoms with Crippen molar-refractivity contribution in [1.29, 1.82) is 0 Å². The Bertz CT molecular complexity index is 245. The van der Waals surface area contributed by atoms with Crippen molar-refractivity contribution in [2.24, 2.45) is 0 Å². The molecule has 5 heteroatoms. The first-order valence-corrected chi connectivity index (χ1v) is 4.43. The molecule has 0 atom stereocenters. The minimum absolute atomic E-state index is 0.0959. The highest BCUT2D eigenvalue weighted by Crippen LogP contribution is 1.86. The van der Waals surface area contributed by atoms with E-state index in [1.807, 2.05) is 13.1 Å². The van der Waals surface area contributed by atoms with Crippen LogP contribution in [0.4, 0.5) is 0 Å². The van der Waals surface area contributed by atoms with Crippen molar-refractivity contribution in [3.8, 4) is 0 Å². The van der Waals surface area contributed by atoms with Gasteiger partial charge in [0.15, 0.2) is 0 Å². The fourth-order valence-corrected chi connectivity index (χ4v) is 0.946. The molecule has 1 aromatic rings. The van der Waals surface area contributed by atoms with E-state index >= 15 is 0 Å². The van der Waals surface area contributed by atoms with Gasteiger partial charge in [0.25, 0.3) is 0 Å². The first-order chi connectivity index (χ1) is 6.33. The lowest BCUT2D eigenvalue weighted by molar-refractivity contribution is -0.120. The van der Waals surface area contributed by atoms with Gasteiger partial charge in [0.05, 0.1) is 6.20 Å². The molecular weight excluding hydrogens is 168 g/mol. The van der Waals surface area contributed by atoms with Crippen LogP contribution in [-0.4, -0.2) is 27.4 Å². The number of hydrogen-bond acceptors (Lipinski definition) is 3. The maximum Gasteiger partial charge on any atom is 0.219 e. The molecule has 0 aromatic carbocycles. The number of hydrogen-bond donors (Lipinski definition) is 1. The van der Waals surface area contributed by atoms with Crippen LogP contribution in [-0.2, 0) is 11.3 Å². The first kappa shape index (κ1) is 9.70. The average Bonchev–Trinajstić information content (AvgIpc) is 2.64. The smallest absolute Gasteiger partial charge is 0.219 e. The zero-order valence-electron chi connectivity index (χ0n) is 7.73. The average molecular weight is 182 g/mol. The van der Waals surface area contributed by atoms with Crippen molar-refractivity contribution < 1.29 is 4.79 Å². The molecule has 0 unspecified atom stereocenters. The van der Waals surface area contributed by atoms with Crippen LogP contribution in [0.2, 0.25) is 0 Å². The van der Waals surface area contributed by atoms with Gasteiger partial charge in [-0.15, -0.1) is 5.10 Å². The van der Waals surface area contributed by atoms with E-state index in [4.69, 9.17) is 0 Å². The first-order valence-electron chi connectivity index (χ1n) is 4.43. The Morgan fingerprint density at radius 3 is 3.08 bits per heavy atom. The summed E-state index contributed by atoms with van der Waals surface area (Å²) in [6.07, 6.45) is 4.88. The summed E-state index contributed by atoms with van der Waals surface area (Å²) in [6.45, 7) is 3.34. The molecule has 72 valence electrons. The third-order valence-electron chi connectivity index (χ3n) is 1.68. The fourth-order valence-electron chi connectivity index (χ4n) is 0.946. The maximum atomic E-state index is 10.8. The number of nitrogens with one attached hydrogen (secondary N) is 1. The SMILES string of the molecule is CCC(=O)NCCCn1ccnn1. The Hall–Kier alpha value is -1.39. The predicted molar refractivity (Wildman–Crippen MR) is 47.9 cm³/mol. The normalized spacial score (nSPS) is 9.92. The number of carbonyl (C=O) groups is 1. The highest BCUT2D eigenvalue weighted by molar-refractivity contribution is 5.75. The number of carbonyl (C=O) groups excluding carboxylic acids is 1. The van der Waals surface area contributed by atoms with Crippen LogP contribution in [0.5, 0.6) is 0 Å². The molecule has 0 bridgehead atoms. The summed E-state index contributed by atoms with van der Waals surface area (Å²) in [5.41, 5.74) is 0. The zero-order chi connectivity index (χ0) is 9.52. The topological polar surface area (TPSA) is 59.8 Å². The molecular formula is C8H14N4O. The highest BCUT2D eigenvalue weighted by atomic mass is 16.1. The number of nitrogens with zero attached hydrogens (tertiary/aromatic N) is 3. The lowest BCUT2D eigenvalue weighted by atomic mass is 10.4. The molecule has 1 N–H and O–H groups in total. The third kappa shape index (κ3) is 3.68. The van der Waals surface area contributed by atoms with Gasteiger partial charge >= 0.3 is 0 Å². The van der Waals surface area contributed by atoms with Crippen LogP contribution in [0, 0.1) is 0 Å². The van der Waals surface area contributed by atoms with Crippen LogP contribution in [0.15, 0.2) is 12.4 Å². The Morgan fingerprint density at radius 2 is 2.46 bits per heavy atom. The van der Waals surface area contributed by atoms with E-state index in [0.717, 1.165) is 13.0 Å². The van der Waals surface area contributed by atoms with E-state index in [1.165, 1.54) is 0 Å². The van der Waals surface area contributed by atoms with Crippen LogP contribution < -0.4 is 5.32 Å². The van der Waals surface area contributed by atoms with Crippen LogP contribution in [0.25, 0.3) is 0 Å². The van der Waals surface area contributed by atoms with Crippen LogP contribution >= 0.6 is 0 Å². The summed E-state index contributed by atoms with van der Waals surface area (Å²) in [4.78, 5) is 10.8. The van der Waals surface area contributed by atoms with E-state index in [1.54, 1.807) is 10.9 Å². The molecule has 0 aliphatic carbocycles. The summed E-state index contributed by atoms with van der Waals surface area (Å²) >= 11 is 0. The Balaban J connectivity index is 2.05. The molecule has 1 heterocycles. The van der Waals surface area contributed by atoms with Gasteiger partial charge in [0, 0.05) is 25.7 Å². The molecule has 1 amide bonds. The summed E-state index contributed by atoms with van der Waals surface area (Å²) in [5.74, 6) is 0.0959. The van der Waals surface area contributed by atoms with Crippen molar-refractivity contribution in [2.75, 3.05) is 6.54 Å². The van der Waals surface area contributed by atoms with Crippen molar-refractivity contribution in [3.63, 3.8) is 0 Å². The zero-order valence-corrected chi connectivity index (χ0v) is 7.73. The minimum atomic E-state index is 0.0959. The third-order valence-corrected chi connectivity index (χ3v) is 1.68. The van der Waals surface area contributed by atoms with Crippen molar-refractivity contribution >= 4 is 5.91 Å². The van der Waals surface area contributed by atoms with Crippen LogP contribution in [0.1, 0.15) is 19.8 Å². The van der Waals surface area contributed by atoms with Gasteiger partial charge in [-0.3, -0.25) is 9.48 Å². The largest absolute Gasteiger partial charge is 0.356 e. The van der Waals surface area contributed by atoms with E-state index in [0.29, 0.717) is 13.0 Å². The summed E-state index contributed by atoms with van der Waals surface area (Å²) in [5, 5.41) is 10.3. The standard InChI is InChI=1S/C8H14N4O/c1-2-8(13)9-4-3-6-12-7-5-10-11-12/h5,7H,2-4,6H2,1H3,(H,9,13). The number of amides is 1. The minimum Gasteiger partial charge on any atom is -0.356 e. The molecule has 0 fully saturated rings. The number of aryl methyl sites for hydroxylation is 1. The molecule has 13 heavy (non-hydrogen) atoms. The quantitative estimate of drug-likeness (QED) is 0.661. The summed E-state index contributed by atoms with van der Waals surface area (Å²) in [6, 6.07) is 0. The predicted octanol–water partition coefficient (Wildman–Crippen LogP) is 0.194. The second kappa shape index (κ2) is 5.29. The van der Waals surface area contributed by atoms with E-state index in [9.17, 15) is 4.79 Å². The summed E-state index contributed by atoms with van der Waals surface area (Å²) in [7, 11) is 0. The molecule has 1 aromatic heterocycles. The van der Waals surface area contributed by atoms with Gasteiger partial charge in [-0.1, -0.05) is 12.1 Å². The molecule has 0 radical (unpaired) electrons. The fraction of sp³-hybridized carbons (Fsp3) is 0.625. The van der Waals surface area contributed by atoms with Gasteiger partial charge in [-0.2, -0.15) is 0 Å². The molecule has 0 saturated heterocycles. The summed E-state index contributed by atoms with van der Waals surface area (Å²) < 4.78 is 1.75. The van der Waals surface area contributed by atoms with E-state index < -0.39 is 0 Å². The molecule has 0 spiro atoms. The lowest BCUT2D eigenvalue weighted by Gasteiger charge is -2.02. The molecule has 0 saturated carbocycles. The molecule has 0 aliphatic heterocycles. The van der Waals surface area contributed by atoms with Crippen molar-refractivity contribution in [1.82, 2.24) is 20.3 Å². The number of rotatable bonds is 5. The lowest BCUT2D eigenvalue weighted by Crippen LogP contribution is -2.24. The second-order valence-electron chi connectivity index (χ2n) is 2.72. The van der Waals surface area contributed by atoms with Gasteiger partial charge in [0.2, 0.25) is 5.91 Å². The second-order valence-corrected chi connectivity index (χ2v) is 2.72. The van der Waals surface area contributed by atoms with Gasteiger partial charge < -0.3 is 5.32 Å². The Labute approximate surface area is 77.1 Å². The monoisotopic (exact) mass is 182 g/mol. The van der Waals surface area contributed by atoms with Crippen molar-refractivity contribution in [3.05, 3.63) is 12.4 Å². The Kier molecular flexibility index (Phi) is 3.95. The molecule has 0 aliphatic rings. The maximum absolute atomic E-state index is 10.8. The van der Waals surface area contributed by atoms with Gasteiger partial charge in [0.1, 0.15) is 0 Å². The van der Waals surface area contributed by atoms with Gasteiger partial charge in [-0.05, 0) is 6.42 Å². The highest BCUT2D eigenvalue weighted by Gasteiger charge is 1.95. The number of aromatic nitrogens is 3. The van der Waals surface area contributed by atoms with Gasteiger partial charge in [-0.25, -0.2) is 0 Å². The Morgan fingerprint density at radius 1 is 1.62 bits per heavy atom. The molecule has 1 rings (SSSR count).